The second kappa shape index (κ2) is 8.61. The lowest BCUT2D eigenvalue weighted by Gasteiger charge is -2.38. The Bertz CT molecular complexity index is 1050. The lowest BCUT2D eigenvalue weighted by molar-refractivity contribution is -0.384. The Kier molecular flexibility index (Phi) is 5.74. The molecule has 1 aliphatic rings. The monoisotopic (exact) mass is 404 g/mol. The SMILES string of the molecule is NC(=O)C(c1cccc2ccccc12)N1CCN(Cc2ccc([N+](=O)[O-])cc2)CC1. The molecule has 1 unspecified atom stereocenters. The van der Waals surface area contributed by atoms with Crippen molar-refractivity contribution >= 4 is 22.4 Å². The molecule has 0 aliphatic carbocycles. The Hall–Kier alpha value is -3.29. The van der Waals surface area contributed by atoms with Crippen molar-refractivity contribution in [3.8, 4) is 0 Å². The lowest BCUT2D eigenvalue weighted by atomic mass is 9.96. The first-order chi connectivity index (χ1) is 14.5. The number of nitrogens with two attached hydrogens (primary N) is 1. The first-order valence-corrected chi connectivity index (χ1v) is 9.99. The number of hydrogen-bond acceptors (Lipinski definition) is 5. The highest BCUT2D eigenvalue weighted by Gasteiger charge is 2.30. The molecular formula is C23H24N4O3. The summed E-state index contributed by atoms with van der Waals surface area (Å²) in [6.45, 7) is 3.77. The molecule has 0 bridgehead atoms. The Morgan fingerprint density at radius 3 is 2.30 bits per heavy atom. The van der Waals surface area contributed by atoms with E-state index < -0.39 is 6.04 Å². The number of nitro groups is 1. The average molecular weight is 404 g/mol. The van der Waals surface area contributed by atoms with E-state index in [9.17, 15) is 14.9 Å². The molecule has 0 aromatic heterocycles. The molecule has 30 heavy (non-hydrogen) atoms. The zero-order valence-electron chi connectivity index (χ0n) is 16.6. The van der Waals surface area contributed by atoms with Crippen LogP contribution in [0.15, 0.2) is 66.7 Å². The van der Waals surface area contributed by atoms with Crippen molar-refractivity contribution in [2.24, 2.45) is 5.73 Å². The van der Waals surface area contributed by atoms with E-state index in [1.54, 1.807) is 12.1 Å². The normalized spacial score (nSPS) is 16.4. The van der Waals surface area contributed by atoms with Crippen LogP contribution < -0.4 is 5.73 Å². The third-order valence-electron chi connectivity index (χ3n) is 5.71. The molecule has 2 N–H and O–H groups in total. The van der Waals surface area contributed by atoms with E-state index in [1.807, 2.05) is 42.5 Å². The predicted molar refractivity (Wildman–Crippen MR) is 116 cm³/mol. The van der Waals surface area contributed by atoms with Crippen molar-refractivity contribution in [1.29, 1.82) is 0 Å². The highest BCUT2D eigenvalue weighted by atomic mass is 16.6. The molecular weight excluding hydrogens is 380 g/mol. The minimum atomic E-state index is -0.461. The Labute approximate surface area is 174 Å². The average Bonchev–Trinajstić information content (AvgIpc) is 2.75. The first-order valence-electron chi connectivity index (χ1n) is 9.99. The number of primary amides is 1. The van der Waals surface area contributed by atoms with Crippen LogP contribution in [0.4, 0.5) is 5.69 Å². The molecule has 0 radical (unpaired) electrons. The summed E-state index contributed by atoms with van der Waals surface area (Å²) in [5.74, 6) is -0.338. The third kappa shape index (κ3) is 4.17. The number of non-ortho nitro benzene ring substituents is 1. The fraction of sp³-hybridized carbons (Fsp3) is 0.261. The van der Waals surface area contributed by atoms with Crippen molar-refractivity contribution in [2.45, 2.75) is 12.6 Å². The molecule has 3 aromatic rings. The minimum Gasteiger partial charge on any atom is -0.368 e. The Morgan fingerprint density at radius 2 is 1.63 bits per heavy atom. The summed E-state index contributed by atoms with van der Waals surface area (Å²) in [7, 11) is 0. The summed E-state index contributed by atoms with van der Waals surface area (Å²) >= 11 is 0. The van der Waals surface area contributed by atoms with Crippen LogP contribution in [-0.2, 0) is 11.3 Å². The van der Waals surface area contributed by atoms with Crippen molar-refractivity contribution < 1.29 is 9.72 Å². The molecule has 0 spiro atoms. The number of benzene rings is 3. The summed E-state index contributed by atoms with van der Waals surface area (Å²) in [5, 5.41) is 13.0. The van der Waals surface area contributed by atoms with Gasteiger partial charge in [-0.3, -0.25) is 24.7 Å². The maximum absolute atomic E-state index is 12.4. The molecule has 7 heteroatoms. The molecule has 0 saturated carbocycles. The van der Waals surface area contributed by atoms with Gasteiger partial charge in [-0.2, -0.15) is 0 Å². The van der Waals surface area contributed by atoms with Crippen LogP contribution in [0.3, 0.4) is 0 Å². The van der Waals surface area contributed by atoms with Crippen LogP contribution in [0.5, 0.6) is 0 Å². The highest BCUT2D eigenvalue weighted by molar-refractivity contribution is 5.92. The molecule has 154 valence electrons. The fourth-order valence-corrected chi connectivity index (χ4v) is 4.18. The standard InChI is InChI=1S/C23H24N4O3/c24-23(28)22(21-7-3-5-18-4-1-2-6-20(18)21)26-14-12-25(13-15-26)16-17-8-10-19(11-9-17)27(29)30/h1-11,22H,12-16H2,(H2,24,28). The van der Waals surface area contributed by atoms with Gasteiger partial charge in [-0.15, -0.1) is 0 Å². The molecule has 1 heterocycles. The van der Waals surface area contributed by atoms with Crippen molar-refractivity contribution in [1.82, 2.24) is 9.80 Å². The zero-order valence-corrected chi connectivity index (χ0v) is 16.6. The molecule has 1 atom stereocenters. The van der Waals surface area contributed by atoms with Gasteiger partial charge in [-0.1, -0.05) is 54.6 Å². The van der Waals surface area contributed by atoms with Gasteiger partial charge < -0.3 is 5.73 Å². The maximum Gasteiger partial charge on any atom is 0.269 e. The molecule has 4 rings (SSSR count). The fourth-order valence-electron chi connectivity index (χ4n) is 4.18. The van der Waals surface area contributed by atoms with Gasteiger partial charge in [0, 0.05) is 44.9 Å². The summed E-state index contributed by atoms with van der Waals surface area (Å²) in [4.78, 5) is 27.3. The number of carbonyl (C=O) groups is 1. The highest BCUT2D eigenvalue weighted by Crippen LogP contribution is 2.29. The van der Waals surface area contributed by atoms with E-state index in [0.29, 0.717) is 0 Å². The summed E-state index contributed by atoms with van der Waals surface area (Å²) < 4.78 is 0. The Balaban J connectivity index is 1.46. The molecule has 3 aromatic carbocycles. The van der Waals surface area contributed by atoms with Gasteiger partial charge in [0.05, 0.1) is 4.92 Å². The van der Waals surface area contributed by atoms with E-state index in [4.69, 9.17) is 5.73 Å². The molecule has 1 aliphatic heterocycles. The smallest absolute Gasteiger partial charge is 0.269 e. The number of amides is 1. The number of carbonyl (C=O) groups excluding carboxylic acids is 1. The van der Waals surface area contributed by atoms with E-state index in [0.717, 1.165) is 54.6 Å². The van der Waals surface area contributed by atoms with Gasteiger partial charge in [-0.25, -0.2) is 0 Å². The van der Waals surface area contributed by atoms with E-state index in [1.165, 1.54) is 12.1 Å². The number of nitrogens with zero attached hydrogens (tertiary/aromatic N) is 3. The zero-order chi connectivity index (χ0) is 21.1. The number of hydrogen-bond donors (Lipinski definition) is 1. The van der Waals surface area contributed by atoms with Gasteiger partial charge in [0.1, 0.15) is 6.04 Å². The largest absolute Gasteiger partial charge is 0.368 e. The van der Waals surface area contributed by atoms with Crippen molar-refractivity contribution in [3.63, 3.8) is 0 Å². The van der Waals surface area contributed by atoms with E-state index in [-0.39, 0.29) is 16.5 Å². The van der Waals surface area contributed by atoms with Gasteiger partial charge in [-0.05, 0) is 21.9 Å². The molecule has 1 amide bonds. The number of rotatable bonds is 6. The number of piperazine rings is 1. The van der Waals surface area contributed by atoms with E-state index in [2.05, 4.69) is 9.80 Å². The van der Waals surface area contributed by atoms with Gasteiger partial charge in [0.2, 0.25) is 5.91 Å². The van der Waals surface area contributed by atoms with Crippen LogP contribution in [0.1, 0.15) is 17.2 Å². The summed E-state index contributed by atoms with van der Waals surface area (Å²) in [6.07, 6.45) is 0. The molecule has 1 saturated heterocycles. The second-order valence-corrected chi connectivity index (χ2v) is 7.61. The van der Waals surface area contributed by atoms with Gasteiger partial charge in [0.15, 0.2) is 0 Å². The number of fused-ring (bicyclic) bond motifs is 1. The van der Waals surface area contributed by atoms with Gasteiger partial charge >= 0.3 is 0 Å². The third-order valence-corrected chi connectivity index (χ3v) is 5.71. The topological polar surface area (TPSA) is 92.7 Å². The first kappa shape index (κ1) is 20.0. The second-order valence-electron chi connectivity index (χ2n) is 7.61. The quantitative estimate of drug-likeness (QED) is 0.503. The summed E-state index contributed by atoms with van der Waals surface area (Å²) in [5.41, 5.74) is 7.92. The lowest BCUT2D eigenvalue weighted by Crippen LogP contribution is -2.50. The van der Waals surface area contributed by atoms with Gasteiger partial charge in [0.25, 0.3) is 5.69 Å². The Morgan fingerprint density at radius 1 is 0.967 bits per heavy atom. The predicted octanol–water partition coefficient (Wildman–Crippen LogP) is 3.09. The van der Waals surface area contributed by atoms with Crippen LogP contribution >= 0.6 is 0 Å². The summed E-state index contributed by atoms with van der Waals surface area (Å²) in [6, 6.07) is 20.2. The van der Waals surface area contributed by atoms with Crippen LogP contribution in [0, 0.1) is 10.1 Å². The van der Waals surface area contributed by atoms with E-state index >= 15 is 0 Å². The maximum atomic E-state index is 12.4. The minimum absolute atomic E-state index is 0.1000. The molecule has 1 fully saturated rings. The van der Waals surface area contributed by atoms with Crippen LogP contribution in [0.2, 0.25) is 0 Å². The van der Waals surface area contributed by atoms with Crippen molar-refractivity contribution in [2.75, 3.05) is 26.2 Å². The van der Waals surface area contributed by atoms with Crippen molar-refractivity contribution in [3.05, 3.63) is 88.0 Å². The van der Waals surface area contributed by atoms with Crippen LogP contribution in [0.25, 0.3) is 10.8 Å². The van der Waals surface area contributed by atoms with Crippen LogP contribution in [-0.4, -0.2) is 46.8 Å². The molecule has 7 nitrogen and oxygen atoms in total. The number of nitro benzene ring substituents is 1.